The van der Waals surface area contributed by atoms with Crippen LogP contribution in [0.5, 0.6) is 5.75 Å². The maximum absolute atomic E-state index is 5.33. The molecule has 8 heteroatoms. The molecule has 0 bridgehead atoms. The van der Waals surface area contributed by atoms with E-state index in [0.29, 0.717) is 6.54 Å². The fraction of sp³-hybridized carbons (Fsp3) is 0.158. The largest absolute Gasteiger partial charge is 0.495 e. The summed E-state index contributed by atoms with van der Waals surface area (Å²) in [5, 5.41) is 8.76. The van der Waals surface area contributed by atoms with Gasteiger partial charge < -0.3 is 4.74 Å². The van der Waals surface area contributed by atoms with Crippen LogP contribution >= 0.6 is 0 Å². The van der Waals surface area contributed by atoms with Crippen LogP contribution in [0.1, 0.15) is 5.69 Å². The molecule has 0 fully saturated rings. The van der Waals surface area contributed by atoms with E-state index in [-0.39, 0.29) is 0 Å². The van der Waals surface area contributed by atoms with Crippen LogP contribution in [0.15, 0.2) is 55.4 Å². The van der Waals surface area contributed by atoms with E-state index in [4.69, 9.17) is 4.74 Å². The van der Waals surface area contributed by atoms with Crippen molar-refractivity contribution in [3.63, 3.8) is 0 Å². The maximum Gasteiger partial charge on any atom is 0.137 e. The predicted octanol–water partition coefficient (Wildman–Crippen LogP) is 2.54. The molecule has 0 atom stereocenters. The molecule has 0 aliphatic rings. The van der Waals surface area contributed by atoms with Gasteiger partial charge in [0.1, 0.15) is 16.9 Å². The molecule has 8 nitrogen and oxygen atoms in total. The summed E-state index contributed by atoms with van der Waals surface area (Å²) >= 11 is 0. The van der Waals surface area contributed by atoms with Gasteiger partial charge in [0.15, 0.2) is 0 Å². The Labute approximate surface area is 154 Å². The van der Waals surface area contributed by atoms with E-state index >= 15 is 0 Å². The lowest BCUT2D eigenvalue weighted by Gasteiger charge is -2.06. The monoisotopic (exact) mass is 359 g/mol. The Hall–Kier alpha value is -3.68. The summed E-state index contributed by atoms with van der Waals surface area (Å²) in [6.45, 7) is 0.579. The van der Waals surface area contributed by atoms with E-state index in [1.165, 1.54) is 0 Å². The molecule has 0 radical (unpaired) electrons. The van der Waals surface area contributed by atoms with Gasteiger partial charge in [-0.2, -0.15) is 10.2 Å². The second-order valence-corrected chi connectivity index (χ2v) is 6.38. The number of nitrogens with zero attached hydrogens (tertiary/aromatic N) is 7. The van der Waals surface area contributed by atoms with Gasteiger partial charge in [0.05, 0.1) is 49.7 Å². The molecule has 27 heavy (non-hydrogen) atoms. The molecule has 5 heterocycles. The first-order valence-corrected chi connectivity index (χ1v) is 8.52. The van der Waals surface area contributed by atoms with Crippen molar-refractivity contribution in [2.75, 3.05) is 7.11 Å². The Balaban J connectivity index is 1.57. The third-order valence-corrected chi connectivity index (χ3v) is 4.64. The Morgan fingerprint density at radius 1 is 0.963 bits per heavy atom. The van der Waals surface area contributed by atoms with Crippen LogP contribution in [0.25, 0.3) is 27.8 Å². The Morgan fingerprint density at radius 2 is 1.89 bits per heavy atom. The number of aromatic nitrogens is 7. The molecule has 0 saturated heterocycles. The highest BCUT2D eigenvalue weighted by Crippen LogP contribution is 2.23. The Bertz CT molecular complexity index is 1260. The molecule has 0 aliphatic carbocycles. The lowest BCUT2D eigenvalue weighted by atomic mass is 10.1. The second kappa shape index (κ2) is 5.94. The van der Waals surface area contributed by atoms with E-state index in [1.807, 2.05) is 59.2 Å². The number of rotatable bonds is 4. The third-order valence-electron chi connectivity index (χ3n) is 4.64. The summed E-state index contributed by atoms with van der Waals surface area (Å²) in [4.78, 5) is 9.01. The molecule has 0 unspecified atom stereocenters. The zero-order valence-corrected chi connectivity index (χ0v) is 14.9. The molecule has 0 amide bonds. The van der Waals surface area contributed by atoms with Gasteiger partial charge in [0.2, 0.25) is 0 Å². The van der Waals surface area contributed by atoms with Crippen molar-refractivity contribution in [1.29, 1.82) is 0 Å². The van der Waals surface area contributed by atoms with Gasteiger partial charge >= 0.3 is 0 Å². The standard InChI is InChI=1S/C19H17N7O/c1-24-10-14(7-22-24)13-5-18-17(20-6-13)9-23-26(18)11-15-8-21-19-4-3-16(27-2)12-25(15)19/h3-10,12H,11H2,1-2H3. The first-order chi connectivity index (χ1) is 13.2. The fourth-order valence-corrected chi connectivity index (χ4v) is 3.21. The topological polar surface area (TPSA) is 75.1 Å². The molecule has 0 saturated carbocycles. The van der Waals surface area contributed by atoms with Gasteiger partial charge in [0.25, 0.3) is 0 Å². The van der Waals surface area contributed by atoms with E-state index in [0.717, 1.165) is 39.3 Å². The summed E-state index contributed by atoms with van der Waals surface area (Å²) in [5.41, 5.74) is 5.75. The number of hydrogen-bond acceptors (Lipinski definition) is 5. The van der Waals surface area contributed by atoms with Crippen molar-refractivity contribution in [2.45, 2.75) is 6.54 Å². The van der Waals surface area contributed by atoms with Crippen LogP contribution in [0.4, 0.5) is 0 Å². The van der Waals surface area contributed by atoms with Gasteiger partial charge in [-0.25, -0.2) is 4.98 Å². The Morgan fingerprint density at radius 3 is 2.70 bits per heavy atom. The average molecular weight is 359 g/mol. The zero-order valence-electron chi connectivity index (χ0n) is 14.9. The zero-order chi connectivity index (χ0) is 18.4. The predicted molar refractivity (Wildman–Crippen MR) is 101 cm³/mol. The van der Waals surface area contributed by atoms with Gasteiger partial charge in [0, 0.05) is 30.6 Å². The normalized spacial score (nSPS) is 11.5. The van der Waals surface area contributed by atoms with E-state index < -0.39 is 0 Å². The van der Waals surface area contributed by atoms with Gasteiger partial charge in [-0.3, -0.25) is 18.7 Å². The SMILES string of the molecule is COc1ccc2ncc(Cn3ncc4ncc(-c5cnn(C)c5)cc43)n2c1. The number of aryl methyl sites for hydroxylation is 1. The molecule has 5 aromatic heterocycles. The molecule has 0 aliphatic heterocycles. The van der Waals surface area contributed by atoms with Crippen molar-refractivity contribution >= 4 is 16.7 Å². The smallest absolute Gasteiger partial charge is 0.137 e. The molecule has 5 rings (SSSR count). The number of pyridine rings is 2. The van der Waals surface area contributed by atoms with E-state index in [9.17, 15) is 0 Å². The minimum atomic E-state index is 0.579. The van der Waals surface area contributed by atoms with Crippen molar-refractivity contribution < 1.29 is 4.74 Å². The molecular formula is C19H17N7O. The number of methoxy groups -OCH3 is 1. The minimum absolute atomic E-state index is 0.579. The van der Waals surface area contributed by atoms with Crippen molar-refractivity contribution in [3.8, 4) is 16.9 Å². The van der Waals surface area contributed by atoms with Gasteiger partial charge in [-0.05, 0) is 18.2 Å². The van der Waals surface area contributed by atoms with Crippen LogP contribution in [0, 0.1) is 0 Å². The first kappa shape index (κ1) is 15.6. The Kier molecular flexibility index (Phi) is 3.43. The highest BCUT2D eigenvalue weighted by atomic mass is 16.5. The molecule has 0 aromatic carbocycles. The minimum Gasteiger partial charge on any atom is -0.495 e. The number of fused-ring (bicyclic) bond motifs is 2. The number of ether oxygens (including phenoxy) is 1. The average Bonchev–Trinajstić information content (AvgIpc) is 3.41. The maximum atomic E-state index is 5.33. The fourth-order valence-electron chi connectivity index (χ4n) is 3.21. The first-order valence-electron chi connectivity index (χ1n) is 8.52. The molecule has 0 spiro atoms. The summed E-state index contributed by atoms with van der Waals surface area (Å²) in [5.74, 6) is 0.785. The lowest BCUT2D eigenvalue weighted by Crippen LogP contribution is -2.04. The summed E-state index contributed by atoms with van der Waals surface area (Å²) in [7, 11) is 3.56. The molecule has 5 aromatic rings. The highest BCUT2D eigenvalue weighted by molar-refractivity contribution is 5.80. The second-order valence-electron chi connectivity index (χ2n) is 6.38. The number of hydrogen-bond donors (Lipinski definition) is 0. The van der Waals surface area contributed by atoms with Crippen LogP contribution in [-0.4, -0.2) is 41.0 Å². The highest BCUT2D eigenvalue weighted by Gasteiger charge is 2.11. The van der Waals surface area contributed by atoms with Crippen LogP contribution in [-0.2, 0) is 13.6 Å². The van der Waals surface area contributed by atoms with Crippen LogP contribution in [0.2, 0.25) is 0 Å². The summed E-state index contributed by atoms with van der Waals surface area (Å²) in [6, 6.07) is 5.93. The lowest BCUT2D eigenvalue weighted by molar-refractivity contribution is 0.412. The van der Waals surface area contributed by atoms with Gasteiger partial charge in [-0.1, -0.05) is 0 Å². The molecule has 134 valence electrons. The van der Waals surface area contributed by atoms with Crippen molar-refractivity contribution in [3.05, 3.63) is 61.1 Å². The number of imidazole rings is 1. The van der Waals surface area contributed by atoms with Crippen molar-refractivity contribution in [2.24, 2.45) is 7.05 Å². The van der Waals surface area contributed by atoms with E-state index in [2.05, 4.69) is 26.2 Å². The van der Waals surface area contributed by atoms with Crippen LogP contribution in [0.3, 0.4) is 0 Å². The summed E-state index contributed by atoms with van der Waals surface area (Å²) in [6.07, 6.45) is 11.2. The van der Waals surface area contributed by atoms with Gasteiger partial charge in [-0.15, -0.1) is 0 Å². The third kappa shape index (κ3) is 2.62. The quantitative estimate of drug-likeness (QED) is 0.493. The molecular weight excluding hydrogens is 342 g/mol. The van der Waals surface area contributed by atoms with E-state index in [1.54, 1.807) is 18.0 Å². The van der Waals surface area contributed by atoms with Crippen molar-refractivity contribution in [1.82, 2.24) is 33.9 Å². The molecule has 0 N–H and O–H groups in total. The van der Waals surface area contributed by atoms with Crippen LogP contribution < -0.4 is 4.74 Å². The summed E-state index contributed by atoms with van der Waals surface area (Å²) < 4.78 is 11.1.